The number of benzene rings is 2. The average Bonchev–Trinajstić information content (AvgIpc) is 2.78. The molecule has 166 valence electrons. The van der Waals surface area contributed by atoms with Crippen molar-refractivity contribution in [1.29, 1.82) is 0 Å². The number of carbonyl (C=O) groups is 2. The van der Waals surface area contributed by atoms with E-state index in [-0.39, 0.29) is 17.8 Å². The lowest BCUT2D eigenvalue weighted by Gasteiger charge is -2.36. The maximum absolute atomic E-state index is 13.4. The molecular weight excluding hydrogens is 403 g/mol. The van der Waals surface area contributed by atoms with Crippen molar-refractivity contribution in [3.63, 3.8) is 0 Å². The molecule has 7 nitrogen and oxygen atoms in total. The summed E-state index contributed by atoms with van der Waals surface area (Å²) in [5.41, 5.74) is 5.07. The third kappa shape index (κ3) is 5.14. The van der Waals surface area contributed by atoms with Gasteiger partial charge in [0.2, 0.25) is 5.91 Å². The van der Waals surface area contributed by atoms with Crippen LogP contribution in [0.4, 0.5) is 4.39 Å². The Hall–Kier alpha value is -3.13. The highest BCUT2D eigenvalue weighted by molar-refractivity contribution is 5.97. The molecule has 1 aliphatic rings. The molecule has 0 aromatic heterocycles. The van der Waals surface area contributed by atoms with Crippen molar-refractivity contribution in [2.24, 2.45) is 0 Å². The molecule has 2 aromatic rings. The molecule has 2 aromatic carbocycles. The van der Waals surface area contributed by atoms with E-state index in [1.54, 1.807) is 30.3 Å². The molecule has 1 saturated heterocycles. The Morgan fingerprint density at radius 3 is 2.32 bits per heavy atom. The number of halogens is 1. The summed E-state index contributed by atoms with van der Waals surface area (Å²) in [6.45, 7) is 4.58. The van der Waals surface area contributed by atoms with Gasteiger partial charge < -0.3 is 14.2 Å². The zero-order valence-electron chi connectivity index (χ0n) is 17.9. The molecule has 1 fully saturated rings. The molecule has 0 atom stereocenters. The first-order valence-electron chi connectivity index (χ1n) is 10.1. The molecule has 2 N–H and O–H groups in total. The minimum absolute atomic E-state index is 0.0463. The molecule has 0 spiro atoms. The second kappa shape index (κ2) is 9.78. The van der Waals surface area contributed by atoms with Gasteiger partial charge in [-0.25, -0.2) is 4.39 Å². The first-order chi connectivity index (χ1) is 14.9. The molecule has 1 aliphatic heterocycles. The number of rotatable bonds is 6. The lowest BCUT2D eigenvalue weighted by molar-refractivity contribution is -0.131. The van der Waals surface area contributed by atoms with Crippen LogP contribution >= 0.6 is 0 Å². The van der Waals surface area contributed by atoms with E-state index < -0.39 is 11.3 Å². The van der Waals surface area contributed by atoms with Gasteiger partial charge in [-0.05, 0) is 62.6 Å². The first kappa shape index (κ1) is 22.6. The van der Waals surface area contributed by atoms with Crippen molar-refractivity contribution in [3.05, 3.63) is 59.4 Å². The Morgan fingerprint density at radius 1 is 1.03 bits per heavy atom. The van der Waals surface area contributed by atoms with Gasteiger partial charge in [0, 0.05) is 18.8 Å². The molecule has 31 heavy (non-hydrogen) atoms. The van der Waals surface area contributed by atoms with Gasteiger partial charge in [0.1, 0.15) is 5.82 Å². The minimum atomic E-state index is -0.911. The van der Waals surface area contributed by atoms with Crippen molar-refractivity contribution >= 4 is 11.8 Å². The summed E-state index contributed by atoms with van der Waals surface area (Å²) in [5.74, 6) is -0.305. The van der Waals surface area contributed by atoms with E-state index >= 15 is 0 Å². The maximum atomic E-state index is 13.4. The lowest BCUT2D eigenvalue weighted by Crippen LogP contribution is -2.53. The second-order valence-electron chi connectivity index (χ2n) is 7.64. The fourth-order valence-corrected chi connectivity index (χ4v) is 3.60. The van der Waals surface area contributed by atoms with Crippen LogP contribution < -0.4 is 20.3 Å². The van der Waals surface area contributed by atoms with Gasteiger partial charge in [0.15, 0.2) is 11.5 Å². The Labute approximate surface area is 180 Å². The highest BCUT2D eigenvalue weighted by atomic mass is 19.1. The van der Waals surface area contributed by atoms with Crippen molar-refractivity contribution in [1.82, 2.24) is 10.9 Å². The summed E-state index contributed by atoms with van der Waals surface area (Å²) in [6.07, 6.45) is 0.806. The zero-order valence-corrected chi connectivity index (χ0v) is 17.9. The fraction of sp³-hybridized carbons (Fsp3) is 0.391. The van der Waals surface area contributed by atoms with E-state index in [9.17, 15) is 14.0 Å². The third-order valence-electron chi connectivity index (χ3n) is 5.26. The van der Waals surface area contributed by atoms with Gasteiger partial charge in [0.25, 0.3) is 5.91 Å². The van der Waals surface area contributed by atoms with Crippen LogP contribution in [-0.2, 0) is 14.9 Å². The standard InChI is InChI=1S/C23H27FN2O5/c1-15(2)31-19-9-4-16(14-20(19)29-3)21(27)25-26-22(28)23(10-12-30-13-11-23)17-5-7-18(24)8-6-17/h4-9,14-15H,10-13H2,1-3H3,(H,25,27)(H,26,28). The van der Waals surface area contributed by atoms with Gasteiger partial charge in [-0.2, -0.15) is 0 Å². The Kier molecular flexibility index (Phi) is 7.12. The van der Waals surface area contributed by atoms with Crippen LogP contribution in [0.15, 0.2) is 42.5 Å². The molecule has 0 radical (unpaired) electrons. The molecule has 0 unspecified atom stereocenters. The molecule has 8 heteroatoms. The third-order valence-corrected chi connectivity index (χ3v) is 5.26. The van der Waals surface area contributed by atoms with Gasteiger partial charge >= 0.3 is 0 Å². The van der Waals surface area contributed by atoms with Gasteiger partial charge in [0.05, 0.1) is 18.6 Å². The number of carbonyl (C=O) groups excluding carboxylic acids is 2. The Bertz CT molecular complexity index is 924. The number of hydrogen-bond donors (Lipinski definition) is 2. The van der Waals surface area contributed by atoms with Gasteiger partial charge in [-0.3, -0.25) is 20.4 Å². The number of methoxy groups -OCH3 is 1. The Morgan fingerprint density at radius 2 is 1.71 bits per heavy atom. The molecular formula is C23H27FN2O5. The lowest BCUT2D eigenvalue weighted by atomic mass is 9.73. The van der Waals surface area contributed by atoms with Gasteiger partial charge in [-0.1, -0.05) is 12.1 Å². The highest BCUT2D eigenvalue weighted by Gasteiger charge is 2.42. The van der Waals surface area contributed by atoms with E-state index in [2.05, 4.69) is 10.9 Å². The van der Waals surface area contributed by atoms with Crippen LogP contribution in [0.2, 0.25) is 0 Å². The number of hydrazine groups is 1. The van der Waals surface area contributed by atoms with Gasteiger partial charge in [-0.15, -0.1) is 0 Å². The highest BCUT2D eigenvalue weighted by Crippen LogP contribution is 2.35. The van der Waals surface area contributed by atoms with Crippen LogP contribution in [0.25, 0.3) is 0 Å². The number of amides is 2. The first-order valence-corrected chi connectivity index (χ1v) is 10.1. The Balaban J connectivity index is 1.73. The largest absolute Gasteiger partial charge is 0.493 e. The topological polar surface area (TPSA) is 85.9 Å². The fourth-order valence-electron chi connectivity index (χ4n) is 3.60. The SMILES string of the molecule is COc1cc(C(=O)NNC(=O)C2(c3ccc(F)cc3)CCOCC2)ccc1OC(C)C. The van der Waals surface area contributed by atoms with Crippen molar-refractivity contribution in [3.8, 4) is 11.5 Å². The number of ether oxygens (including phenoxy) is 3. The summed E-state index contributed by atoms with van der Waals surface area (Å²) >= 11 is 0. The van der Waals surface area contributed by atoms with Crippen LogP contribution in [0.1, 0.15) is 42.6 Å². The molecule has 3 rings (SSSR count). The van der Waals surface area contributed by atoms with Crippen LogP contribution in [0, 0.1) is 5.82 Å². The smallest absolute Gasteiger partial charge is 0.269 e. The molecule has 0 aliphatic carbocycles. The molecule has 2 amide bonds. The maximum Gasteiger partial charge on any atom is 0.269 e. The summed E-state index contributed by atoms with van der Waals surface area (Å²) in [5, 5.41) is 0. The molecule has 0 bridgehead atoms. The monoisotopic (exact) mass is 430 g/mol. The van der Waals surface area contributed by atoms with E-state index in [4.69, 9.17) is 14.2 Å². The molecule has 1 heterocycles. The number of hydrogen-bond acceptors (Lipinski definition) is 5. The van der Waals surface area contributed by atoms with Crippen molar-refractivity contribution in [2.75, 3.05) is 20.3 Å². The van der Waals surface area contributed by atoms with Crippen LogP contribution in [0.5, 0.6) is 11.5 Å². The van der Waals surface area contributed by atoms with Crippen molar-refractivity contribution < 1.29 is 28.2 Å². The quantitative estimate of drug-likeness (QED) is 0.688. The van der Waals surface area contributed by atoms with E-state index in [0.29, 0.717) is 48.7 Å². The van der Waals surface area contributed by atoms with Crippen LogP contribution in [-0.4, -0.2) is 38.2 Å². The number of nitrogens with one attached hydrogen (secondary N) is 2. The predicted molar refractivity (Wildman–Crippen MR) is 112 cm³/mol. The van der Waals surface area contributed by atoms with Crippen LogP contribution in [0.3, 0.4) is 0 Å². The second-order valence-corrected chi connectivity index (χ2v) is 7.64. The average molecular weight is 430 g/mol. The van der Waals surface area contributed by atoms with E-state index in [1.165, 1.54) is 19.2 Å². The summed E-state index contributed by atoms with van der Waals surface area (Å²) in [6, 6.07) is 10.6. The van der Waals surface area contributed by atoms with E-state index in [0.717, 1.165) is 0 Å². The predicted octanol–water partition coefficient (Wildman–Crippen LogP) is 3.13. The summed E-state index contributed by atoms with van der Waals surface area (Å²) < 4.78 is 29.8. The normalized spacial score (nSPS) is 15.3. The minimum Gasteiger partial charge on any atom is -0.493 e. The zero-order chi connectivity index (χ0) is 22.4. The molecule has 0 saturated carbocycles. The summed E-state index contributed by atoms with van der Waals surface area (Å²) in [4.78, 5) is 25.7. The van der Waals surface area contributed by atoms with E-state index in [1.807, 2.05) is 13.8 Å². The summed E-state index contributed by atoms with van der Waals surface area (Å²) in [7, 11) is 1.49. The van der Waals surface area contributed by atoms with Crippen molar-refractivity contribution in [2.45, 2.75) is 38.2 Å².